The zero-order chi connectivity index (χ0) is 14.7. The van der Waals surface area contributed by atoms with Crippen LogP contribution < -0.4 is 9.80 Å². The fourth-order valence-electron chi connectivity index (χ4n) is 2.66. The van der Waals surface area contributed by atoms with Crippen molar-refractivity contribution in [2.45, 2.75) is 6.92 Å². The van der Waals surface area contributed by atoms with Gasteiger partial charge in [0.1, 0.15) is 11.9 Å². The van der Waals surface area contributed by atoms with Crippen molar-refractivity contribution in [3.8, 4) is 6.07 Å². The Bertz CT molecular complexity index is 649. The van der Waals surface area contributed by atoms with E-state index >= 15 is 0 Å². The highest BCUT2D eigenvalue weighted by atomic mass is 15.3. The summed E-state index contributed by atoms with van der Waals surface area (Å²) in [5.74, 6) is 0.956. The summed E-state index contributed by atoms with van der Waals surface area (Å²) in [6.07, 6.45) is 1.64. The molecule has 21 heavy (non-hydrogen) atoms. The molecule has 0 bridgehead atoms. The molecule has 2 aromatic rings. The number of aryl methyl sites for hydroxylation is 1. The minimum absolute atomic E-state index is 0.608. The molecule has 1 saturated heterocycles. The monoisotopic (exact) mass is 278 g/mol. The minimum Gasteiger partial charge on any atom is -0.368 e. The van der Waals surface area contributed by atoms with Crippen LogP contribution in [0.4, 0.5) is 11.5 Å². The summed E-state index contributed by atoms with van der Waals surface area (Å²) in [6, 6.07) is 14.5. The molecule has 0 saturated carbocycles. The number of anilines is 2. The van der Waals surface area contributed by atoms with Gasteiger partial charge in [-0.15, -0.1) is 0 Å². The van der Waals surface area contributed by atoms with Gasteiger partial charge in [0.15, 0.2) is 0 Å². The van der Waals surface area contributed by atoms with Crippen LogP contribution in [0.1, 0.15) is 11.1 Å². The highest BCUT2D eigenvalue weighted by Crippen LogP contribution is 2.20. The number of pyridine rings is 1. The Labute approximate surface area is 125 Å². The Hall–Kier alpha value is -2.54. The van der Waals surface area contributed by atoms with Gasteiger partial charge in [-0.3, -0.25) is 0 Å². The third-order valence-corrected chi connectivity index (χ3v) is 3.85. The van der Waals surface area contributed by atoms with Crippen LogP contribution in [0.2, 0.25) is 0 Å². The second-order valence-electron chi connectivity index (χ2n) is 5.33. The molecule has 106 valence electrons. The molecule has 0 spiro atoms. The number of nitriles is 1. The SMILES string of the molecule is Cc1cccc(N2CCN(c3ccc(C#N)cn3)CC2)c1. The summed E-state index contributed by atoms with van der Waals surface area (Å²) < 4.78 is 0. The molecule has 0 radical (unpaired) electrons. The second-order valence-corrected chi connectivity index (χ2v) is 5.33. The van der Waals surface area contributed by atoms with Crippen molar-refractivity contribution >= 4 is 11.5 Å². The Balaban J connectivity index is 1.66. The van der Waals surface area contributed by atoms with Crippen molar-refractivity contribution in [3.63, 3.8) is 0 Å². The van der Waals surface area contributed by atoms with Crippen LogP contribution in [0.15, 0.2) is 42.6 Å². The summed E-state index contributed by atoms with van der Waals surface area (Å²) in [5, 5.41) is 8.81. The fourth-order valence-corrected chi connectivity index (χ4v) is 2.66. The maximum atomic E-state index is 8.81. The van der Waals surface area contributed by atoms with Crippen LogP contribution >= 0.6 is 0 Å². The van der Waals surface area contributed by atoms with Gasteiger partial charge in [0.05, 0.1) is 5.56 Å². The molecular formula is C17H18N4. The standard InChI is InChI=1S/C17H18N4/c1-14-3-2-4-16(11-14)20-7-9-21(10-8-20)17-6-5-15(12-18)13-19-17/h2-6,11,13H,7-10H2,1H3. The molecule has 3 rings (SSSR count). The lowest BCUT2D eigenvalue weighted by Crippen LogP contribution is -2.46. The van der Waals surface area contributed by atoms with Gasteiger partial charge in [-0.25, -0.2) is 4.98 Å². The maximum absolute atomic E-state index is 8.81. The van der Waals surface area contributed by atoms with Gasteiger partial charge in [-0.2, -0.15) is 5.26 Å². The molecule has 0 N–H and O–H groups in total. The van der Waals surface area contributed by atoms with E-state index in [0.717, 1.165) is 32.0 Å². The van der Waals surface area contributed by atoms with E-state index in [0.29, 0.717) is 5.56 Å². The number of aromatic nitrogens is 1. The van der Waals surface area contributed by atoms with Crippen LogP contribution in [0.3, 0.4) is 0 Å². The molecule has 0 aliphatic carbocycles. The van der Waals surface area contributed by atoms with Crippen LogP contribution in [0.25, 0.3) is 0 Å². The van der Waals surface area contributed by atoms with E-state index < -0.39 is 0 Å². The van der Waals surface area contributed by atoms with Gasteiger partial charge in [0, 0.05) is 38.1 Å². The van der Waals surface area contributed by atoms with Gasteiger partial charge >= 0.3 is 0 Å². The number of hydrogen-bond acceptors (Lipinski definition) is 4. The van der Waals surface area contributed by atoms with Crippen LogP contribution in [-0.2, 0) is 0 Å². The summed E-state index contributed by atoms with van der Waals surface area (Å²) in [7, 11) is 0. The van der Waals surface area contributed by atoms with Crippen molar-refractivity contribution in [3.05, 3.63) is 53.7 Å². The van der Waals surface area contributed by atoms with E-state index in [1.165, 1.54) is 11.3 Å². The van der Waals surface area contributed by atoms with Gasteiger partial charge in [-0.05, 0) is 36.8 Å². The lowest BCUT2D eigenvalue weighted by molar-refractivity contribution is 0.647. The number of rotatable bonds is 2. The van der Waals surface area contributed by atoms with E-state index in [4.69, 9.17) is 5.26 Å². The topological polar surface area (TPSA) is 43.2 Å². The molecule has 0 unspecified atom stereocenters. The predicted octanol–water partition coefficient (Wildman–Crippen LogP) is 2.59. The van der Waals surface area contributed by atoms with Gasteiger partial charge < -0.3 is 9.80 Å². The third kappa shape index (κ3) is 2.97. The van der Waals surface area contributed by atoms with Crippen molar-refractivity contribution < 1.29 is 0 Å². The van der Waals surface area contributed by atoms with Crippen molar-refractivity contribution in [1.29, 1.82) is 5.26 Å². The maximum Gasteiger partial charge on any atom is 0.128 e. The second kappa shape index (κ2) is 5.84. The van der Waals surface area contributed by atoms with Gasteiger partial charge in [0.2, 0.25) is 0 Å². The third-order valence-electron chi connectivity index (χ3n) is 3.85. The molecule has 4 nitrogen and oxygen atoms in total. The van der Waals surface area contributed by atoms with Gasteiger partial charge in [-0.1, -0.05) is 12.1 Å². The zero-order valence-corrected chi connectivity index (χ0v) is 12.2. The lowest BCUT2D eigenvalue weighted by atomic mass is 10.2. The largest absolute Gasteiger partial charge is 0.368 e. The molecule has 1 aliphatic heterocycles. The molecular weight excluding hydrogens is 260 g/mol. The summed E-state index contributed by atoms with van der Waals surface area (Å²) >= 11 is 0. The molecule has 1 aromatic carbocycles. The zero-order valence-electron chi connectivity index (χ0n) is 12.2. The van der Waals surface area contributed by atoms with E-state index in [1.54, 1.807) is 6.20 Å². The van der Waals surface area contributed by atoms with E-state index in [9.17, 15) is 0 Å². The molecule has 4 heteroatoms. The van der Waals surface area contributed by atoms with Crippen molar-refractivity contribution in [2.24, 2.45) is 0 Å². The normalized spacial score (nSPS) is 14.9. The van der Waals surface area contributed by atoms with Crippen molar-refractivity contribution in [1.82, 2.24) is 4.98 Å². The molecule has 1 aliphatic rings. The average Bonchev–Trinajstić information content (AvgIpc) is 2.55. The molecule has 0 atom stereocenters. The first-order valence-corrected chi connectivity index (χ1v) is 7.19. The number of hydrogen-bond donors (Lipinski definition) is 0. The van der Waals surface area contributed by atoms with E-state index in [-0.39, 0.29) is 0 Å². The van der Waals surface area contributed by atoms with Crippen LogP contribution in [0.5, 0.6) is 0 Å². The first-order valence-electron chi connectivity index (χ1n) is 7.19. The smallest absolute Gasteiger partial charge is 0.128 e. The Morgan fingerprint density at radius 3 is 2.43 bits per heavy atom. The summed E-state index contributed by atoms with van der Waals surface area (Å²) in [4.78, 5) is 9.05. The summed E-state index contributed by atoms with van der Waals surface area (Å²) in [6.45, 7) is 6.01. The number of nitrogens with zero attached hydrogens (tertiary/aromatic N) is 4. The fraction of sp³-hybridized carbons (Fsp3) is 0.294. The molecule has 2 heterocycles. The first kappa shape index (κ1) is 13.4. The van der Waals surface area contributed by atoms with E-state index in [1.807, 2.05) is 12.1 Å². The Kier molecular flexibility index (Phi) is 3.74. The highest BCUT2D eigenvalue weighted by molar-refractivity contribution is 5.51. The molecule has 1 aromatic heterocycles. The van der Waals surface area contributed by atoms with Crippen LogP contribution in [-0.4, -0.2) is 31.2 Å². The predicted molar refractivity (Wildman–Crippen MR) is 84.6 cm³/mol. The number of benzene rings is 1. The average molecular weight is 278 g/mol. The minimum atomic E-state index is 0.608. The van der Waals surface area contributed by atoms with Crippen LogP contribution in [0, 0.1) is 18.3 Å². The Morgan fingerprint density at radius 2 is 1.81 bits per heavy atom. The lowest BCUT2D eigenvalue weighted by Gasteiger charge is -2.36. The van der Waals surface area contributed by atoms with Gasteiger partial charge in [0.25, 0.3) is 0 Å². The van der Waals surface area contributed by atoms with Crippen molar-refractivity contribution in [2.75, 3.05) is 36.0 Å². The molecule has 0 amide bonds. The van der Waals surface area contributed by atoms with E-state index in [2.05, 4.69) is 52.0 Å². The molecule has 1 fully saturated rings. The Morgan fingerprint density at radius 1 is 1.05 bits per heavy atom. The number of piperazine rings is 1. The highest BCUT2D eigenvalue weighted by Gasteiger charge is 2.18. The summed E-state index contributed by atoms with van der Waals surface area (Å²) in [5.41, 5.74) is 3.20. The quantitative estimate of drug-likeness (QED) is 0.847. The first-order chi connectivity index (χ1) is 10.3.